The number of hydrogen-bond acceptors (Lipinski definition) is 5. The summed E-state index contributed by atoms with van der Waals surface area (Å²) in [7, 11) is 1.99. The summed E-state index contributed by atoms with van der Waals surface area (Å²) in [5, 5.41) is 0.241. The van der Waals surface area contributed by atoms with Crippen LogP contribution in [-0.2, 0) is 4.74 Å². The molecule has 0 amide bonds. The van der Waals surface area contributed by atoms with Gasteiger partial charge in [-0.25, -0.2) is 4.98 Å². The molecule has 2 N–H and O–H groups in total. The molecule has 0 spiro atoms. The SMILES string of the molecule is Cc1nc(Cl)nc(N(C)C2CCOCC2)c1N. The molecule has 1 fully saturated rings. The Bertz CT molecular complexity index is 407. The van der Waals surface area contributed by atoms with Gasteiger partial charge in [0.15, 0.2) is 5.82 Å². The summed E-state index contributed by atoms with van der Waals surface area (Å²) in [6.45, 7) is 3.41. The third-order valence-corrected chi connectivity index (χ3v) is 3.33. The molecule has 1 aromatic rings. The highest BCUT2D eigenvalue weighted by molar-refractivity contribution is 6.28. The van der Waals surface area contributed by atoms with Crippen LogP contribution in [0.2, 0.25) is 5.28 Å². The molecule has 0 aromatic carbocycles. The molecular weight excluding hydrogens is 240 g/mol. The van der Waals surface area contributed by atoms with Crippen molar-refractivity contribution in [3.05, 3.63) is 11.0 Å². The Morgan fingerprint density at radius 1 is 1.35 bits per heavy atom. The van der Waals surface area contributed by atoms with Crippen molar-refractivity contribution < 1.29 is 4.74 Å². The van der Waals surface area contributed by atoms with Gasteiger partial charge in [0, 0.05) is 26.3 Å². The average Bonchev–Trinajstić information content (AvgIpc) is 2.34. The summed E-state index contributed by atoms with van der Waals surface area (Å²) in [5.74, 6) is 0.717. The Morgan fingerprint density at radius 3 is 2.65 bits per heavy atom. The maximum Gasteiger partial charge on any atom is 0.224 e. The highest BCUT2D eigenvalue weighted by atomic mass is 35.5. The second-order valence-corrected chi connectivity index (χ2v) is 4.61. The fourth-order valence-electron chi connectivity index (χ4n) is 2.05. The summed E-state index contributed by atoms with van der Waals surface area (Å²) in [6.07, 6.45) is 1.97. The van der Waals surface area contributed by atoms with Crippen LogP contribution in [0, 0.1) is 6.92 Å². The van der Waals surface area contributed by atoms with Gasteiger partial charge in [0.25, 0.3) is 0 Å². The second-order valence-electron chi connectivity index (χ2n) is 4.27. The number of aryl methyl sites for hydroxylation is 1. The molecule has 2 rings (SSSR count). The zero-order chi connectivity index (χ0) is 12.4. The molecule has 0 unspecified atom stereocenters. The van der Waals surface area contributed by atoms with Gasteiger partial charge < -0.3 is 15.4 Å². The van der Waals surface area contributed by atoms with Crippen LogP contribution in [0.25, 0.3) is 0 Å². The van der Waals surface area contributed by atoms with Crippen molar-refractivity contribution in [1.82, 2.24) is 9.97 Å². The molecule has 1 saturated heterocycles. The minimum Gasteiger partial charge on any atom is -0.394 e. The average molecular weight is 257 g/mol. The van der Waals surface area contributed by atoms with Crippen molar-refractivity contribution in [2.45, 2.75) is 25.8 Å². The third-order valence-electron chi connectivity index (χ3n) is 3.16. The van der Waals surface area contributed by atoms with Crippen LogP contribution in [0.15, 0.2) is 0 Å². The van der Waals surface area contributed by atoms with Crippen molar-refractivity contribution in [3.8, 4) is 0 Å². The molecule has 2 heterocycles. The third kappa shape index (κ3) is 2.61. The largest absolute Gasteiger partial charge is 0.394 e. The molecule has 5 nitrogen and oxygen atoms in total. The van der Waals surface area contributed by atoms with Gasteiger partial charge in [-0.15, -0.1) is 0 Å². The lowest BCUT2D eigenvalue weighted by Crippen LogP contribution is -2.37. The molecule has 6 heteroatoms. The Balaban J connectivity index is 2.26. The molecule has 1 aliphatic rings. The van der Waals surface area contributed by atoms with Gasteiger partial charge in [0.1, 0.15) is 0 Å². The summed E-state index contributed by atoms with van der Waals surface area (Å²) >= 11 is 5.88. The minimum absolute atomic E-state index is 0.241. The van der Waals surface area contributed by atoms with E-state index in [2.05, 4.69) is 14.9 Å². The smallest absolute Gasteiger partial charge is 0.224 e. The number of nitrogen functional groups attached to an aromatic ring is 1. The van der Waals surface area contributed by atoms with Crippen LogP contribution < -0.4 is 10.6 Å². The van der Waals surface area contributed by atoms with Crippen LogP contribution in [-0.4, -0.2) is 36.3 Å². The number of ether oxygens (including phenoxy) is 1. The lowest BCUT2D eigenvalue weighted by atomic mass is 10.1. The molecule has 1 aromatic heterocycles. The van der Waals surface area contributed by atoms with E-state index in [1.165, 1.54) is 0 Å². The zero-order valence-corrected chi connectivity index (χ0v) is 10.9. The molecule has 0 radical (unpaired) electrons. The van der Waals surface area contributed by atoms with E-state index in [-0.39, 0.29) is 5.28 Å². The summed E-state index contributed by atoms with van der Waals surface area (Å²) in [6, 6.07) is 0.399. The predicted octanol–water partition coefficient (Wildman–Crippen LogP) is 1.64. The molecule has 0 aliphatic carbocycles. The van der Waals surface area contributed by atoms with E-state index in [1.54, 1.807) is 0 Å². The van der Waals surface area contributed by atoms with E-state index in [4.69, 9.17) is 22.1 Å². The molecule has 94 valence electrons. The number of hydrogen-bond donors (Lipinski definition) is 1. The number of anilines is 2. The Morgan fingerprint density at radius 2 is 2.00 bits per heavy atom. The number of aromatic nitrogens is 2. The maximum absolute atomic E-state index is 6.00. The first-order valence-electron chi connectivity index (χ1n) is 5.69. The fraction of sp³-hybridized carbons (Fsp3) is 0.636. The highest BCUT2D eigenvalue weighted by Gasteiger charge is 2.22. The van der Waals surface area contributed by atoms with Gasteiger partial charge in [-0.05, 0) is 31.4 Å². The standard InChI is InChI=1S/C11H17ClN4O/c1-7-9(13)10(15-11(12)14-7)16(2)8-3-5-17-6-4-8/h8H,3-6,13H2,1-2H3. The predicted molar refractivity (Wildman–Crippen MR) is 68.4 cm³/mol. The molecule has 0 atom stereocenters. The van der Waals surface area contributed by atoms with Crippen molar-refractivity contribution in [2.24, 2.45) is 0 Å². The van der Waals surface area contributed by atoms with Crippen molar-refractivity contribution in [3.63, 3.8) is 0 Å². The van der Waals surface area contributed by atoms with Crippen LogP contribution in [0.1, 0.15) is 18.5 Å². The second kappa shape index (κ2) is 5.06. The van der Waals surface area contributed by atoms with Gasteiger partial charge in [0.2, 0.25) is 5.28 Å². The first-order valence-corrected chi connectivity index (χ1v) is 6.07. The molecule has 0 saturated carbocycles. The zero-order valence-electron chi connectivity index (χ0n) is 10.1. The Kier molecular flexibility index (Phi) is 3.69. The maximum atomic E-state index is 6.00. The monoisotopic (exact) mass is 256 g/mol. The summed E-state index contributed by atoms with van der Waals surface area (Å²) < 4.78 is 5.35. The first-order chi connectivity index (χ1) is 8.09. The highest BCUT2D eigenvalue weighted by Crippen LogP contribution is 2.27. The van der Waals surface area contributed by atoms with Gasteiger partial charge >= 0.3 is 0 Å². The quantitative estimate of drug-likeness (QED) is 0.815. The van der Waals surface area contributed by atoms with Crippen molar-refractivity contribution in [2.75, 3.05) is 30.9 Å². The van der Waals surface area contributed by atoms with E-state index in [1.807, 2.05) is 14.0 Å². The van der Waals surface area contributed by atoms with E-state index in [9.17, 15) is 0 Å². The number of nitrogens with zero attached hydrogens (tertiary/aromatic N) is 3. The van der Waals surface area contributed by atoms with Crippen LogP contribution >= 0.6 is 11.6 Å². The summed E-state index contributed by atoms with van der Waals surface area (Å²) in [4.78, 5) is 10.3. The van der Waals surface area contributed by atoms with E-state index in [0.717, 1.165) is 37.6 Å². The number of nitrogens with two attached hydrogens (primary N) is 1. The Hall–Kier alpha value is -1.07. The number of rotatable bonds is 2. The van der Waals surface area contributed by atoms with Crippen LogP contribution in [0.5, 0.6) is 0 Å². The van der Waals surface area contributed by atoms with E-state index in [0.29, 0.717) is 11.7 Å². The normalized spacial score (nSPS) is 17.1. The molecule has 0 bridgehead atoms. The first kappa shape index (κ1) is 12.4. The van der Waals surface area contributed by atoms with E-state index < -0.39 is 0 Å². The van der Waals surface area contributed by atoms with Crippen molar-refractivity contribution >= 4 is 23.1 Å². The summed E-state index contributed by atoms with van der Waals surface area (Å²) in [5.41, 5.74) is 7.32. The van der Waals surface area contributed by atoms with E-state index >= 15 is 0 Å². The minimum atomic E-state index is 0.241. The van der Waals surface area contributed by atoms with Crippen LogP contribution in [0.4, 0.5) is 11.5 Å². The van der Waals surface area contributed by atoms with Crippen LogP contribution in [0.3, 0.4) is 0 Å². The lowest BCUT2D eigenvalue weighted by Gasteiger charge is -2.32. The van der Waals surface area contributed by atoms with Gasteiger partial charge in [-0.1, -0.05) is 0 Å². The van der Waals surface area contributed by atoms with Gasteiger partial charge in [-0.3, -0.25) is 0 Å². The van der Waals surface area contributed by atoms with Crippen molar-refractivity contribution in [1.29, 1.82) is 0 Å². The molecule has 17 heavy (non-hydrogen) atoms. The molecule has 1 aliphatic heterocycles. The van der Waals surface area contributed by atoms with Gasteiger partial charge in [-0.2, -0.15) is 4.98 Å². The van der Waals surface area contributed by atoms with Gasteiger partial charge in [0.05, 0.1) is 11.4 Å². The lowest BCUT2D eigenvalue weighted by molar-refractivity contribution is 0.0854. The number of halogens is 1. The Labute approximate surface area is 106 Å². The fourth-order valence-corrected chi connectivity index (χ4v) is 2.25. The topological polar surface area (TPSA) is 64.3 Å². The molecular formula is C11H17ClN4O.